The molecule has 46 valence electrons. The Morgan fingerprint density at radius 1 is 1.75 bits per heavy atom. The van der Waals surface area contributed by atoms with E-state index in [4.69, 9.17) is 0 Å². The van der Waals surface area contributed by atoms with E-state index in [0.29, 0.717) is 13.0 Å². The van der Waals surface area contributed by atoms with Crippen molar-refractivity contribution in [3.63, 3.8) is 0 Å². The van der Waals surface area contributed by atoms with E-state index in [1.807, 2.05) is 0 Å². The van der Waals surface area contributed by atoms with Gasteiger partial charge in [0.25, 0.3) is 0 Å². The van der Waals surface area contributed by atoms with Crippen molar-refractivity contribution in [2.45, 2.75) is 18.6 Å². The number of alkyl halides is 1. The molecule has 2 nitrogen and oxygen atoms in total. The highest BCUT2D eigenvalue weighted by molar-refractivity contribution is 5.58. The van der Waals surface area contributed by atoms with Gasteiger partial charge in [-0.05, 0) is 0 Å². The maximum Gasteiger partial charge on any atom is 0.137 e. The van der Waals surface area contributed by atoms with Crippen LogP contribution in [-0.2, 0) is 4.79 Å². The van der Waals surface area contributed by atoms with Crippen molar-refractivity contribution in [3.05, 3.63) is 0 Å². The average molecular weight is 117 g/mol. The molecule has 0 spiro atoms. The zero-order valence-corrected chi connectivity index (χ0v) is 4.43. The lowest BCUT2D eigenvalue weighted by molar-refractivity contribution is -0.109. The quantitative estimate of drug-likeness (QED) is 0.485. The molecule has 0 bridgehead atoms. The van der Waals surface area contributed by atoms with E-state index in [-0.39, 0.29) is 6.04 Å². The second-order valence-electron chi connectivity index (χ2n) is 1.98. The molecule has 1 heterocycles. The highest BCUT2D eigenvalue weighted by atomic mass is 19.1. The van der Waals surface area contributed by atoms with Crippen LogP contribution in [0.15, 0.2) is 0 Å². The maximum atomic E-state index is 12.1. The molecule has 1 unspecified atom stereocenters. The number of rotatable bonds is 1. The van der Waals surface area contributed by atoms with Crippen LogP contribution in [0.2, 0.25) is 0 Å². The lowest BCUT2D eigenvalue weighted by Gasteiger charge is -1.93. The second kappa shape index (κ2) is 2.22. The SMILES string of the molecule is O=C[C@@H]1CC(F)CN1. The molecule has 0 aliphatic carbocycles. The summed E-state index contributed by atoms with van der Waals surface area (Å²) in [7, 11) is 0. The first-order chi connectivity index (χ1) is 3.83. The number of carbonyl (C=O) groups is 1. The lowest BCUT2D eigenvalue weighted by Crippen LogP contribution is -2.22. The van der Waals surface area contributed by atoms with Crippen molar-refractivity contribution in [2.75, 3.05) is 6.54 Å². The van der Waals surface area contributed by atoms with Crippen LogP contribution in [0.4, 0.5) is 4.39 Å². The van der Waals surface area contributed by atoms with Crippen LogP contribution in [0.5, 0.6) is 0 Å². The van der Waals surface area contributed by atoms with Gasteiger partial charge in [0.05, 0.1) is 6.04 Å². The monoisotopic (exact) mass is 117 g/mol. The van der Waals surface area contributed by atoms with Crippen LogP contribution >= 0.6 is 0 Å². The summed E-state index contributed by atoms with van der Waals surface area (Å²) >= 11 is 0. The first-order valence-corrected chi connectivity index (χ1v) is 2.65. The number of carbonyl (C=O) groups excluding carboxylic acids is 1. The molecule has 0 saturated carbocycles. The molecular formula is C5H8FNO. The van der Waals surface area contributed by atoms with E-state index >= 15 is 0 Å². The van der Waals surface area contributed by atoms with Crippen molar-refractivity contribution >= 4 is 6.29 Å². The standard InChI is InChI=1S/C5H8FNO/c6-4-1-5(3-8)7-2-4/h3-5,7H,1-2H2/t4?,5-/m0/s1. The van der Waals surface area contributed by atoms with Gasteiger partial charge in [0.15, 0.2) is 0 Å². The van der Waals surface area contributed by atoms with Gasteiger partial charge in [0, 0.05) is 13.0 Å². The molecule has 8 heavy (non-hydrogen) atoms. The highest BCUT2D eigenvalue weighted by Crippen LogP contribution is 2.06. The zero-order chi connectivity index (χ0) is 5.98. The minimum Gasteiger partial charge on any atom is -0.305 e. The summed E-state index contributed by atoms with van der Waals surface area (Å²) in [6.45, 7) is 0.337. The van der Waals surface area contributed by atoms with Gasteiger partial charge < -0.3 is 10.1 Å². The molecule has 0 aromatic heterocycles. The number of halogens is 1. The van der Waals surface area contributed by atoms with Crippen molar-refractivity contribution in [2.24, 2.45) is 0 Å². The Balaban J connectivity index is 2.32. The van der Waals surface area contributed by atoms with Gasteiger partial charge >= 0.3 is 0 Å². The number of hydrogen-bond donors (Lipinski definition) is 1. The molecule has 1 aliphatic rings. The van der Waals surface area contributed by atoms with Gasteiger partial charge in [-0.2, -0.15) is 0 Å². The Morgan fingerprint density at radius 3 is 2.75 bits per heavy atom. The van der Waals surface area contributed by atoms with Crippen LogP contribution in [0.1, 0.15) is 6.42 Å². The van der Waals surface area contributed by atoms with Crippen molar-refractivity contribution in [3.8, 4) is 0 Å². The predicted octanol–water partition coefficient (Wildman–Crippen LogP) is -0.115. The molecular weight excluding hydrogens is 109 g/mol. The Bertz CT molecular complexity index is 96.4. The Kier molecular flexibility index (Phi) is 1.58. The minimum atomic E-state index is -0.815. The van der Waals surface area contributed by atoms with E-state index in [9.17, 15) is 9.18 Å². The van der Waals surface area contributed by atoms with E-state index in [0.717, 1.165) is 6.29 Å². The van der Waals surface area contributed by atoms with Gasteiger partial charge in [0.2, 0.25) is 0 Å². The molecule has 1 aliphatic heterocycles. The Morgan fingerprint density at radius 2 is 2.50 bits per heavy atom. The molecule has 1 N–H and O–H groups in total. The predicted molar refractivity (Wildman–Crippen MR) is 27.4 cm³/mol. The van der Waals surface area contributed by atoms with Gasteiger partial charge in [-0.25, -0.2) is 4.39 Å². The summed E-state index contributed by atoms with van der Waals surface area (Å²) < 4.78 is 12.1. The van der Waals surface area contributed by atoms with Crippen LogP contribution < -0.4 is 5.32 Å². The van der Waals surface area contributed by atoms with Gasteiger partial charge in [-0.15, -0.1) is 0 Å². The zero-order valence-electron chi connectivity index (χ0n) is 4.43. The van der Waals surface area contributed by atoms with Gasteiger partial charge in [0.1, 0.15) is 12.5 Å². The summed E-state index contributed by atoms with van der Waals surface area (Å²) in [5.74, 6) is 0. The lowest BCUT2D eigenvalue weighted by atomic mass is 10.2. The summed E-state index contributed by atoms with van der Waals surface area (Å²) in [4.78, 5) is 9.92. The molecule has 3 heteroatoms. The maximum absolute atomic E-state index is 12.1. The van der Waals surface area contributed by atoms with Crippen LogP contribution in [0, 0.1) is 0 Å². The van der Waals surface area contributed by atoms with Crippen molar-refractivity contribution in [1.82, 2.24) is 5.32 Å². The molecule has 1 rings (SSSR count). The normalized spacial score (nSPS) is 37.6. The average Bonchev–Trinajstić information content (AvgIpc) is 2.14. The second-order valence-corrected chi connectivity index (χ2v) is 1.98. The first kappa shape index (κ1) is 5.69. The number of nitrogens with one attached hydrogen (secondary N) is 1. The van der Waals surface area contributed by atoms with E-state index < -0.39 is 6.17 Å². The summed E-state index contributed by atoms with van der Waals surface area (Å²) in [6, 6.07) is -0.231. The third kappa shape index (κ3) is 1.04. The third-order valence-electron chi connectivity index (χ3n) is 1.28. The minimum absolute atomic E-state index is 0.231. The fourth-order valence-corrected chi connectivity index (χ4v) is 0.825. The largest absolute Gasteiger partial charge is 0.305 e. The molecule has 1 saturated heterocycles. The topological polar surface area (TPSA) is 29.1 Å². The molecule has 2 atom stereocenters. The Hall–Kier alpha value is -0.440. The smallest absolute Gasteiger partial charge is 0.137 e. The fraction of sp³-hybridized carbons (Fsp3) is 0.800. The summed E-state index contributed by atoms with van der Waals surface area (Å²) in [5.41, 5.74) is 0. The van der Waals surface area contributed by atoms with E-state index in [1.165, 1.54) is 0 Å². The summed E-state index contributed by atoms with van der Waals surface area (Å²) in [6.07, 6.45) is 0.286. The third-order valence-corrected chi connectivity index (χ3v) is 1.28. The van der Waals surface area contributed by atoms with Gasteiger partial charge in [-0.3, -0.25) is 0 Å². The van der Waals surface area contributed by atoms with E-state index in [1.54, 1.807) is 0 Å². The van der Waals surface area contributed by atoms with Crippen molar-refractivity contribution in [1.29, 1.82) is 0 Å². The van der Waals surface area contributed by atoms with Crippen molar-refractivity contribution < 1.29 is 9.18 Å². The van der Waals surface area contributed by atoms with Gasteiger partial charge in [-0.1, -0.05) is 0 Å². The number of hydrogen-bond acceptors (Lipinski definition) is 2. The highest BCUT2D eigenvalue weighted by Gasteiger charge is 2.21. The number of aldehydes is 1. The summed E-state index contributed by atoms with van der Waals surface area (Å²) in [5, 5.41) is 2.71. The Labute approximate surface area is 47.1 Å². The van der Waals surface area contributed by atoms with Crippen LogP contribution in [0.25, 0.3) is 0 Å². The fourth-order valence-electron chi connectivity index (χ4n) is 0.825. The van der Waals surface area contributed by atoms with Crippen LogP contribution in [0.3, 0.4) is 0 Å². The molecule has 1 fully saturated rings. The molecule has 0 radical (unpaired) electrons. The molecule has 0 amide bonds. The first-order valence-electron chi connectivity index (χ1n) is 2.65. The van der Waals surface area contributed by atoms with Crippen LogP contribution in [-0.4, -0.2) is 25.0 Å². The van der Waals surface area contributed by atoms with E-state index in [2.05, 4.69) is 5.32 Å². The molecule has 0 aromatic rings. The molecule has 0 aromatic carbocycles.